The van der Waals surface area contributed by atoms with E-state index < -0.39 is 0 Å². The van der Waals surface area contributed by atoms with Gasteiger partial charge in [0.25, 0.3) is 0 Å². The minimum Gasteiger partial charge on any atom is -0.476 e. The molecule has 0 radical (unpaired) electrons. The van der Waals surface area contributed by atoms with Crippen LogP contribution in [0.1, 0.15) is 31.4 Å². The van der Waals surface area contributed by atoms with E-state index in [0.29, 0.717) is 18.3 Å². The molecule has 1 aromatic rings. The Hall–Kier alpha value is -1.16. The maximum atomic E-state index is 5.57. The smallest absolute Gasteiger partial charge is 0.233 e. The molecular formula is C11H17N3O. The molecule has 0 atom stereocenters. The Balaban J connectivity index is 1.82. The van der Waals surface area contributed by atoms with Gasteiger partial charge >= 0.3 is 0 Å². The first-order valence-electron chi connectivity index (χ1n) is 5.54. The average molecular weight is 207 g/mol. The molecular weight excluding hydrogens is 190 g/mol. The Morgan fingerprint density at radius 3 is 2.67 bits per heavy atom. The van der Waals surface area contributed by atoms with Crippen LogP contribution in [0.25, 0.3) is 0 Å². The summed E-state index contributed by atoms with van der Waals surface area (Å²) in [4.78, 5) is 0. The monoisotopic (exact) mass is 207 g/mol. The van der Waals surface area contributed by atoms with Gasteiger partial charge in [-0.15, -0.1) is 5.10 Å². The predicted molar refractivity (Wildman–Crippen MR) is 57.4 cm³/mol. The van der Waals surface area contributed by atoms with Crippen molar-refractivity contribution >= 4 is 0 Å². The molecule has 2 N–H and O–H groups in total. The summed E-state index contributed by atoms with van der Waals surface area (Å²) in [6.07, 6.45) is 5.25. The molecule has 0 amide bonds. The third-order valence-corrected chi connectivity index (χ3v) is 2.85. The van der Waals surface area contributed by atoms with Crippen molar-refractivity contribution in [3.8, 4) is 5.88 Å². The Morgan fingerprint density at radius 2 is 2.07 bits per heavy atom. The predicted octanol–water partition coefficient (Wildman–Crippen LogP) is 1.50. The summed E-state index contributed by atoms with van der Waals surface area (Å²) in [5.74, 6) is 1.32. The molecule has 0 aliphatic heterocycles. The third-order valence-electron chi connectivity index (χ3n) is 2.85. The van der Waals surface area contributed by atoms with Gasteiger partial charge in [-0.2, -0.15) is 5.10 Å². The zero-order valence-electron chi connectivity index (χ0n) is 8.85. The van der Waals surface area contributed by atoms with Crippen molar-refractivity contribution in [2.75, 3.05) is 6.61 Å². The van der Waals surface area contributed by atoms with E-state index in [1.165, 1.54) is 25.7 Å². The minimum atomic E-state index is 0.426. The fourth-order valence-corrected chi connectivity index (χ4v) is 1.91. The van der Waals surface area contributed by atoms with Crippen LogP contribution < -0.4 is 10.5 Å². The second-order valence-electron chi connectivity index (χ2n) is 4.03. The SMILES string of the molecule is NCc1ccc(OCC2CCCC2)nn1. The number of hydrogen-bond donors (Lipinski definition) is 1. The van der Waals surface area contributed by atoms with E-state index in [9.17, 15) is 0 Å². The van der Waals surface area contributed by atoms with Gasteiger partial charge in [-0.25, -0.2) is 0 Å². The second-order valence-corrected chi connectivity index (χ2v) is 4.03. The molecule has 82 valence electrons. The Kier molecular flexibility index (Phi) is 3.50. The molecule has 1 aliphatic rings. The molecule has 1 aromatic heterocycles. The summed E-state index contributed by atoms with van der Waals surface area (Å²) in [5.41, 5.74) is 6.22. The highest BCUT2D eigenvalue weighted by Crippen LogP contribution is 2.25. The molecule has 0 bridgehead atoms. The second kappa shape index (κ2) is 5.07. The summed E-state index contributed by atoms with van der Waals surface area (Å²) < 4.78 is 5.57. The zero-order valence-corrected chi connectivity index (χ0v) is 8.85. The van der Waals surface area contributed by atoms with Crippen LogP contribution in [-0.2, 0) is 6.54 Å². The molecule has 15 heavy (non-hydrogen) atoms. The fourth-order valence-electron chi connectivity index (χ4n) is 1.91. The molecule has 0 saturated heterocycles. The highest BCUT2D eigenvalue weighted by molar-refractivity contribution is 5.11. The molecule has 1 saturated carbocycles. The van der Waals surface area contributed by atoms with E-state index in [2.05, 4.69) is 10.2 Å². The lowest BCUT2D eigenvalue weighted by Crippen LogP contribution is -2.10. The van der Waals surface area contributed by atoms with Crippen molar-refractivity contribution in [1.29, 1.82) is 0 Å². The Labute approximate surface area is 89.8 Å². The van der Waals surface area contributed by atoms with Crippen molar-refractivity contribution in [2.45, 2.75) is 32.2 Å². The van der Waals surface area contributed by atoms with Crippen molar-refractivity contribution in [2.24, 2.45) is 11.7 Å². The Bertz CT molecular complexity index is 293. The summed E-state index contributed by atoms with van der Waals surface area (Å²) in [6.45, 7) is 1.20. The quantitative estimate of drug-likeness (QED) is 0.812. The lowest BCUT2D eigenvalue weighted by Gasteiger charge is -2.09. The van der Waals surface area contributed by atoms with Crippen molar-refractivity contribution < 1.29 is 4.74 Å². The summed E-state index contributed by atoms with van der Waals surface area (Å²) in [7, 11) is 0. The first-order chi connectivity index (χ1) is 7.38. The fraction of sp³-hybridized carbons (Fsp3) is 0.636. The topological polar surface area (TPSA) is 61.0 Å². The van der Waals surface area contributed by atoms with Gasteiger partial charge in [0.15, 0.2) is 0 Å². The van der Waals surface area contributed by atoms with Gasteiger partial charge in [-0.05, 0) is 24.8 Å². The van der Waals surface area contributed by atoms with E-state index in [1.54, 1.807) is 0 Å². The highest BCUT2D eigenvalue weighted by atomic mass is 16.5. The number of aromatic nitrogens is 2. The zero-order chi connectivity index (χ0) is 10.5. The number of nitrogens with zero attached hydrogens (tertiary/aromatic N) is 2. The van der Waals surface area contributed by atoms with Gasteiger partial charge in [0.05, 0.1) is 12.3 Å². The van der Waals surface area contributed by atoms with Crippen LogP contribution in [0.3, 0.4) is 0 Å². The van der Waals surface area contributed by atoms with Crippen molar-refractivity contribution in [3.05, 3.63) is 17.8 Å². The van der Waals surface area contributed by atoms with Gasteiger partial charge in [0.2, 0.25) is 5.88 Å². The highest BCUT2D eigenvalue weighted by Gasteiger charge is 2.15. The average Bonchev–Trinajstić information content (AvgIpc) is 2.80. The summed E-state index contributed by atoms with van der Waals surface area (Å²) >= 11 is 0. The third kappa shape index (κ3) is 2.89. The largest absolute Gasteiger partial charge is 0.476 e. The van der Waals surface area contributed by atoms with Crippen LogP contribution in [0.4, 0.5) is 0 Å². The van der Waals surface area contributed by atoms with Crippen LogP contribution in [0, 0.1) is 5.92 Å². The van der Waals surface area contributed by atoms with Crippen molar-refractivity contribution in [1.82, 2.24) is 10.2 Å². The van der Waals surface area contributed by atoms with Gasteiger partial charge in [0, 0.05) is 12.6 Å². The van der Waals surface area contributed by atoms with E-state index in [4.69, 9.17) is 10.5 Å². The normalized spacial score (nSPS) is 16.9. The first kappa shape index (κ1) is 10.4. The first-order valence-corrected chi connectivity index (χ1v) is 5.54. The van der Waals surface area contributed by atoms with Crippen molar-refractivity contribution in [3.63, 3.8) is 0 Å². The van der Waals surface area contributed by atoms with Crippen LogP contribution in [0.15, 0.2) is 12.1 Å². The molecule has 4 heteroatoms. The molecule has 0 unspecified atom stereocenters. The van der Waals surface area contributed by atoms with E-state index in [1.807, 2.05) is 12.1 Å². The van der Waals surface area contributed by atoms with Crippen LogP contribution in [-0.4, -0.2) is 16.8 Å². The van der Waals surface area contributed by atoms with Gasteiger partial charge in [-0.3, -0.25) is 0 Å². The molecule has 1 aliphatic carbocycles. The summed E-state index contributed by atoms with van der Waals surface area (Å²) in [6, 6.07) is 3.70. The Morgan fingerprint density at radius 1 is 1.27 bits per heavy atom. The number of ether oxygens (including phenoxy) is 1. The number of nitrogens with two attached hydrogens (primary N) is 1. The number of rotatable bonds is 4. The van der Waals surface area contributed by atoms with Crippen LogP contribution >= 0.6 is 0 Å². The van der Waals surface area contributed by atoms with Gasteiger partial charge < -0.3 is 10.5 Å². The lowest BCUT2D eigenvalue weighted by atomic mass is 10.1. The van der Waals surface area contributed by atoms with Crippen LogP contribution in [0.2, 0.25) is 0 Å². The molecule has 4 nitrogen and oxygen atoms in total. The van der Waals surface area contributed by atoms with E-state index in [0.717, 1.165) is 12.3 Å². The van der Waals surface area contributed by atoms with E-state index >= 15 is 0 Å². The molecule has 1 heterocycles. The minimum absolute atomic E-state index is 0.426. The summed E-state index contributed by atoms with van der Waals surface area (Å²) in [5, 5.41) is 7.90. The van der Waals surface area contributed by atoms with Gasteiger partial charge in [-0.1, -0.05) is 12.8 Å². The van der Waals surface area contributed by atoms with Crippen LogP contribution in [0.5, 0.6) is 5.88 Å². The number of hydrogen-bond acceptors (Lipinski definition) is 4. The standard InChI is InChI=1S/C11H17N3O/c12-7-10-5-6-11(14-13-10)15-8-9-3-1-2-4-9/h5-6,9H,1-4,7-8,12H2. The lowest BCUT2D eigenvalue weighted by molar-refractivity contribution is 0.241. The molecule has 0 aromatic carbocycles. The maximum absolute atomic E-state index is 5.57. The van der Waals surface area contributed by atoms with Gasteiger partial charge in [0.1, 0.15) is 0 Å². The molecule has 2 rings (SSSR count). The molecule has 0 spiro atoms. The maximum Gasteiger partial charge on any atom is 0.233 e. The van der Waals surface area contributed by atoms with E-state index in [-0.39, 0.29) is 0 Å². The molecule has 1 fully saturated rings.